The number of carbonyl (C=O) groups excluding carboxylic acids is 2. The first-order valence-corrected chi connectivity index (χ1v) is 11.4. The smallest absolute Gasteiger partial charge is 0.234 e. The van der Waals surface area contributed by atoms with E-state index >= 15 is 0 Å². The highest BCUT2D eigenvalue weighted by molar-refractivity contribution is 8.00. The van der Waals surface area contributed by atoms with E-state index in [-0.39, 0.29) is 23.3 Å². The fourth-order valence-corrected chi connectivity index (χ4v) is 3.94. The monoisotopic (exact) mass is 436 g/mol. The molecule has 2 N–H and O–H groups in total. The molecule has 1 heterocycles. The largest absolute Gasteiger partial charge is 0.351 e. The van der Waals surface area contributed by atoms with Gasteiger partial charge in [-0.05, 0) is 44.0 Å². The topological polar surface area (TPSA) is 76.0 Å². The van der Waals surface area contributed by atoms with Crippen LogP contribution in [0.25, 0.3) is 0 Å². The number of thioether (sulfide) groups is 1. The van der Waals surface area contributed by atoms with Gasteiger partial charge in [-0.15, -0.1) is 11.8 Å². The van der Waals surface area contributed by atoms with Crippen molar-refractivity contribution in [1.82, 2.24) is 15.1 Å². The highest BCUT2D eigenvalue weighted by atomic mass is 32.2. The Morgan fingerprint density at radius 3 is 2.45 bits per heavy atom. The van der Waals surface area contributed by atoms with Gasteiger partial charge in [0.15, 0.2) is 0 Å². The maximum atomic E-state index is 12.2. The Morgan fingerprint density at radius 1 is 0.968 bits per heavy atom. The first-order chi connectivity index (χ1) is 14.9. The normalized spacial score (nSPS) is 10.7. The Kier molecular flexibility index (Phi) is 7.89. The summed E-state index contributed by atoms with van der Waals surface area (Å²) in [7, 11) is 0. The van der Waals surface area contributed by atoms with Crippen molar-refractivity contribution in [2.24, 2.45) is 0 Å². The van der Waals surface area contributed by atoms with Crippen molar-refractivity contribution in [2.75, 3.05) is 16.8 Å². The molecule has 0 aliphatic carbocycles. The van der Waals surface area contributed by atoms with Gasteiger partial charge >= 0.3 is 0 Å². The summed E-state index contributed by atoms with van der Waals surface area (Å²) in [6.45, 7) is 7.09. The molecule has 0 aliphatic heterocycles. The van der Waals surface area contributed by atoms with Crippen LogP contribution in [0.4, 0.5) is 5.69 Å². The average molecular weight is 437 g/mol. The van der Waals surface area contributed by atoms with Gasteiger partial charge in [-0.3, -0.25) is 14.3 Å². The van der Waals surface area contributed by atoms with Gasteiger partial charge in [-0.2, -0.15) is 5.10 Å². The number of amides is 2. The third kappa shape index (κ3) is 6.72. The number of carbonyl (C=O) groups is 2. The van der Waals surface area contributed by atoms with E-state index in [9.17, 15) is 9.59 Å². The minimum Gasteiger partial charge on any atom is -0.351 e. The molecule has 0 saturated heterocycles. The van der Waals surface area contributed by atoms with Crippen LogP contribution in [0.2, 0.25) is 0 Å². The third-order valence-corrected chi connectivity index (χ3v) is 5.87. The quantitative estimate of drug-likeness (QED) is 0.534. The molecule has 3 aromatic rings. The minimum absolute atomic E-state index is 0.0945. The molecule has 0 fully saturated rings. The van der Waals surface area contributed by atoms with Gasteiger partial charge in [0.2, 0.25) is 11.8 Å². The molecule has 0 saturated carbocycles. The van der Waals surface area contributed by atoms with E-state index in [2.05, 4.69) is 27.9 Å². The summed E-state index contributed by atoms with van der Waals surface area (Å²) in [4.78, 5) is 24.3. The van der Waals surface area contributed by atoms with E-state index in [1.54, 1.807) is 0 Å². The highest BCUT2D eigenvalue weighted by Gasteiger charge is 2.13. The number of benzene rings is 2. The van der Waals surface area contributed by atoms with Crippen molar-refractivity contribution in [1.29, 1.82) is 0 Å². The molecule has 7 heteroatoms. The molecule has 2 aromatic carbocycles. The Bertz CT molecular complexity index is 1050. The Balaban J connectivity index is 1.44. The van der Waals surface area contributed by atoms with Crippen LogP contribution >= 0.6 is 11.8 Å². The fraction of sp³-hybridized carbons (Fsp3) is 0.292. The molecular weight excluding hydrogens is 408 g/mol. The molecule has 0 atom stereocenters. The van der Waals surface area contributed by atoms with Gasteiger partial charge in [-0.1, -0.05) is 42.5 Å². The number of hydrogen-bond donors (Lipinski definition) is 2. The lowest BCUT2D eigenvalue weighted by molar-refractivity contribution is -0.118. The molecule has 0 spiro atoms. The lowest BCUT2D eigenvalue weighted by Gasteiger charge is -2.08. The molecule has 162 valence electrons. The van der Waals surface area contributed by atoms with Crippen LogP contribution in [0.15, 0.2) is 54.6 Å². The third-order valence-electron chi connectivity index (χ3n) is 4.94. The second-order valence-electron chi connectivity index (χ2n) is 7.48. The number of aryl methyl sites for hydroxylation is 2. The highest BCUT2D eigenvalue weighted by Crippen LogP contribution is 2.15. The van der Waals surface area contributed by atoms with Crippen molar-refractivity contribution < 1.29 is 9.59 Å². The Labute approximate surface area is 187 Å². The number of anilines is 1. The first-order valence-electron chi connectivity index (χ1n) is 10.2. The predicted octanol–water partition coefficient (Wildman–Crippen LogP) is 3.84. The van der Waals surface area contributed by atoms with E-state index < -0.39 is 0 Å². The molecule has 0 aliphatic rings. The van der Waals surface area contributed by atoms with Crippen molar-refractivity contribution >= 4 is 29.3 Å². The molecule has 3 rings (SSSR count). The van der Waals surface area contributed by atoms with E-state index in [0.717, 1.165) is 28.2 Å². The van der Waals surface area contributed by atoms with Gasteiger partial charge < -0.3 is 10.6 Å². The number of nitrogens with one attached hydrogen (secondary N) is 2. The molecule has 0 radical (unpaired) electrons. The average Bonchev–Trinajstić information content (AvgIpc) is 3.00. The zero-order valence-corrected chi connectivity index (χ0v) is 19.0. The fourth-order valence-electron chi connectivity index (χ4n) is 3.29. The molecule has 0 bridgehead atoms. The van der Waals surface area contributed by atoms with Gasteiger partial charge in [-0.25, -0.2) is 0 Å². The molecule has 2 amide bonds. The lowest BCUT2D eigenvalue weighted by Crippen LogP contribution is -2.26. The van der Waals surface area contributed by atoms with Crippen LogP contribution in [0.1, 0.15) is 28.1 Å². The number of hydrogen-bond acceptors (Lipinski definition) is 4. The SMILES string of the molecule is Cc1cccc(NC(=O)CSCC(=O)NCc2c(C)nn(Cc3ccccc3)c2C)c1. The second-order valence-corrected chi connectivity index (χ2v) is 8.47. The maximum absolute atomic E-state index is 12.2. The van der Waals surface area contributed by atoms with Gasteiger partial charge in [0.1, 0.15) is 0 Å². The Morgan fingerprint density at radius 2 is 1.71 bits per heavy atom. The van der Waals surface area contributed by atoms with Crippen molar-refractivity contribution in [3.63, 3.8) is 0 Å². The van der Waals surface area contributed by atoms with Crippen molar-refractivity contribution in [3.8, 4) is 0 Å². The van der Waals surface area contributed by atoms with Crippen LogP contribution in [0.3, 0.4) is 0 Å². The van der Waals surface area contributed by atoms with Crippen LogP contribution in [-0.2, 0) is 22.7 Å². The molecular formula is C24H28N4O2S. The minimum atomic E-state index is -0.114. The van der Waals surface area contributed by atoms with E-state index in [4.69, 9.17) is 0 Å². The standard InChI is InChI=1S/C24H28N4O2S/c1-17-8-7-11-21(12-17)26-24(30)16-31-15-23(29)25-13-22-18(2)27-28(19(22)3)14-20-9-5-4-6-10-20/h4-12H,13-16H2,1-3H3,(H,25,29)(H,26,30). The van der Waals surface area contributed by atoms with E-state index in [1.807, 2.05) is 67.9 Å². The first kappa shape index (κ1) is 22.6. The van der Waals surface area contributed by atoms with Gasteiger partial charge in [0, 0.05) is 23.5 Å². The summed E-state index contributed by atoms with van der Waals surface area (Å²) in [6.07, 6.45) is 0. The second kappa shape index (κ2) is 10.8. The molecule has 31 heavy (non-hydrogen) atoms. The van der Waals surface area contributed by atoms with E-state index in [1.165, 1.54) is 17.3 Å². The van der Waals surface area contributed by atoms with Crippen LogP contribution < -0.4 is 10.6 Å². The summed E-state index contributed by atoms with van der Waals surface area (Å²) in [5.74, 6) is 0.256. The predicted molar refractivity (Wildman–Crippen MR) is 126 cm³/mol. The summed E-state index contributed by atoms with van der Waals surface area (Å²) >= 11 is 1.30. The van der Waals surface area contributed by atoms with Crippen LogP contribution in [-0.4, -0.2) is 33.1 Å². The zero-order valence-electron chi connectivity index (χ0n) is 18.1. The summed E-state index contributed by atoms with van der Waals surface area (Å²) in [5.41, 5.74) is 6.04. The summed E-state index contributed by atoms with van der Waals surface area (Å²) < 4.78 is 1.97. The number of nitrogens with zero attached hydrogens (tertiary/aromatic N) is 2. The van der Waals surface area contributed by atoms with E-state index in [0.29, 0.717) is 13.1 Å². The van der Waals surface area contributed by atoms with Crippen LogP contribution in [0.5, 0.6) is 0 Å². The molecule has 0 unspecified atom stereocenters. The summed E-state index contributed by atoms with van der Waals surface area (Å²) in [6, 6.07) is 17.8. The van der Waals surface area contributed by atoms with Gasteiger partial charge in [0.25, 0.3) is 0 Å². The lowest BCUT2D eigenvalue weighted by atomic mass is 10.2. The molecule has 1 aromatic heterocycles. The molecule has 6 nitrogen and oxygen atoms in total. The van der Waals surface area contributed by atoms with Crippen LogP contribution in [0, 0.1) is 20.8 Å². The Hall–Kier alpha value is -3.06. The number of aromatic nitrogens is 2. The summed E-state index contributed by atoms with van der Waals surface area (Å²) in [5, 5.41) is 10.4. The zero-order chi connectivity index (χ0) is 22.2. The van der Waals surface area contributed by atoms with Crippen molar-refractivity contribution in [2.45, 2.75) is 33.9 Å². The van der Waals surface area contributed by atoms with Gasteiger partial charge in [0.05, 0.1) is 23.7 Å². The van der Waals surface area contributed by atoms with Crippen molar-refractivity contribution in [3.05, 3.63) is 82.7 Å². The number of rotatable bonds is 9. The maximum Gasteiger partial charge on any atom is 0.234 e.